The summed E-state index contributed by atoms with van der Waals surface area (Å²) in [7, 11) is -3.54. The van der Waals surface area contributed by atoms with Crippen molar-refractivity contribution in [2.24, 2.45) is 5.92 Å². The van der Waals surface area contributed by atoms with Gasteiger partial charge in [0, 0.05) is 23.8 Å². The van der Waals surface area contributed by atoms with Crippen LogP contribution in [-0.2, 0) is 20.6 Å². The summed E-state index contributed by atoms with van der Waals surface area (Å²) in [6, 6.07) is 14.5. The predicted octanol–water partition coefficient (Wildman–Crippen LogP) is 3.83. The fraction of sp³-hybridized carbons (Fsp3) is 0.350. The lowest BCUT2D eigenvalue weighted by Gasteiger charge is -2.31. The normalized spacial score (nSPS) is 18.2. The van der Waals surface area contributed by atoms with Crippen molar-refractivity contribution in [1.29, 1.82) is 0 Å². The predicted molar refractivity (Wildman–Crippen MR) is 108 cm³/mol. The highest BCUT2D eigenvalue weighted by Gasteiger charge is 2.32. The molecule has 7 heteroatoms. The van der Waals surface area contributed by atoms with Gasteiger partial charge in [0.25, 0.3) is 0 Å². The summed E-state index contributed by atoms with van der Waals surface area (Å²) in [6.45, 7) is 2.56. The molecular formula is C20H23ClN2O3S. The SMILES string of the molecule is Cc1ccccc1NC(=O)[C@H]1CCCN(S(=O)(=O)Cc2ccccc2Cl)C1. The van der Waals surface area contributed by atoms with Crippen molar-refractivity contribution in [3.8, 4) is 0 Å². The Kier molecular flexibility index (Phi) is 6.19. The Hall–Kier alpha value is -1.89. The Bertz CT molecular complexity index is 930. The molecule has 0 unspecified atom stereocenters. The zero-order valence-corrected chi connectivity index (χ0v) is 16.8. The molecule has 0 aromatic heterocycles. The Morgan fingerprint density at radius 2 is 1.89 bits per heavy atom. The molecule has 1 aliphatic rings. The lowest BCUT2D eigenvalue weighted by Crippen LogP contribution is -2.44. The first kappa shape index (κ1) is 19.9. The van der Waals surface area contributed by atoms with E-state index in [1.54, 1.807) is 24.3 Å². The van der Waals surface area contributed by atoms with Crippen molar-refractivity contribution in [2.45, 2.75) is 25.5 Å². The summed E-state index contributed by atoms with van der Waals surface area (Å²) < 4.78 is 27.1. The topological polar surface area (TPSA) is 66.5 Å². The monoisotopic (exact) mass is 406 g/mol. The second kappa shape index (κ2) is 8.42. The molecule has 0 spiro atoms. The maximum atomic E-state index is 12.8. The number of nitrogens with zero attached hydrogens (tertiary/aromatic N) is 1. The van der Waals surface area contributed by atoms with Crippen LogP contribution in [0.3, 0.4) is 0 Å². The molecule has 2 aromatic rings. The van der Waals surface area contributed by atoms with Gasteiger partial charge >= 0.3 is 0 Å². The van der Waals surface area contributed by atoms with Gasteiger partial charge in [-0.25, -0.2) is 12.7 Å². The van der Waals surface area contributed by atoms with Crippen molar-refractivity contribution in [3.05, 3.63) is 64.7 Å². The first-order valence-corrected chi connectivity index (χ1v) is 10.9. The number of nitrogens with one attached hydrogen (secondary N) is 1. The zero-order chi connectivity index (χ0) is 19.4. The second-order valence-corrected chi connectivity index (χ2v) is 9.23. The van der Waals surface area contributed by atoms with Gasteiger partial charge in [-0.2, -0.15) is 0 Å². The number of sulfonamides is 1. The van der Waals surface area contributed by atoms with E-state index < -0.39 is 10.0 Å². The molecule has 1 amide bonds. The van der Waals surface area contributed by atoms with Gasteiger partial charge in [0.05, 0.1) is 11.7 Å². The smallest absolute Gasteiger partial charge is 0.228 e. The lowest BCUT2D eigenvalue weighted by atomic mass is 9.98. The van der Waals surface area contributed by atoms with Gasteiger partial charge in [0.2, 0.25) is 15.9 Å². The second-order valence-electron chi connectivity index (χ2n) is 6.85. The minimum atomic E-state index is -3.54. The van der Waals surface area contributed by atoms with E-state index in [0.717, 1.165) is 11.3 Å². The number of para-hydroxylation sites is 1. The molecule has 5 nitrogen and oxygen atoms in total. The molecule has 1 heterocycles. The summed E-state index contributed by atoms with van der Waals surface area (Å²) >= 11 is 6.11. The summed E-state index contributed by atoms with van der Waals surface area (Å²) in [5.74, 6) is -0.653. The fourth-order valence-corrected chi connectivity index (χ4v) is 5.18. The summed E-state index contributed by atoms with van der Waals surface area (Å²) in [5, 5.41) is 3.37. The van der Waals surface area contributed by atoms with Crippen LogP contribution in [0.25, 0.3) is 0 Å². The number of carbonyl (C=O) groups is 1. The molecule has 1 N–H and O–H groups in total. The van der Waals surface area contributed by atoms with E-state index in [9.17, 15) is 13.2 Å². The van der Waals surface area contributed by atoms with E-state index in [1.165, 1.54) is 4.31 Å². The molecule has 0 saturated carbocycles. The molecule has 0 aliphatic carbocycles. The third-order valence-electron chi connectivity index (χ3n) is 4.85. The number of piperidine rings is 1. The maximum Gasteiger partial charge on any atom is 0.228 e. The number of amides is 1. The number of hydrogen-bond acceptors (Lipinski definition) is 3. The van der Waals surface area contributed by atoms with Gasteiger partial charge in [0.15, 0.2) is 0 Å². The van der Waals surface area contributed by atoms with E-state index in [4.69, 9.17) is 11.6 Å². The average Bonchev–Trinajstić information content (AvgIpc) is 2.65. The molecule has 3 rings (SSSR count). The number of anilines is 1. The Labute approximate surface area is 165 Å². The number of benzene rings is 2. The lowest BCUT2D eigenvalue weighted by molar-refractivity contribution is -0.120. The van der Waals surface area contributed by atoms with Crippen LogP contribution in [0.5, 0.6) is 0 Å². The Balaban J connectivity index is 1.69. The Morgan fingerprint density at radius 1 is 1.19 bits per heavy atom. The van der Waals surface area contributed by atoms with E-state index in [-0.39, 0.29) is 24.1 Å². The quantitative estimate of drug-likeness (QED) is 0.820. The molecule has 144 valence electrons. The number of hydrogen-bond donors (Lipinski definition) is 1. The third-order valence-corrected chi connectivity index (χ3v) is 7.01. The summed E-state index contributed by atoms with van der Waals surface area (Å²) in [5.41, 5.74) is 2.31. The van der Waals surface area contributed by atoms with Crippen LogP contribution in [-0.4, -0.2) is 31.7 Å². The van der Waals surface area contributed by atoms with E-state index >= 15 is 0 Å². The highest BCUT2D eigenvalue weighted by molar-refractivity contribution is 7.88. The maximum absolute atomic E-state index is 12.8. The minimum Gasteiger partial charge on any atom is -0.326 e. The standard InChI is InChI=1S/C20H23ClN2O3S/c1-15-7-2-5-11-19(15)22-20(24)16-9-6-12-23(13-16)27(25,26)14-17-8-3-4-10-18(17)21/h2-5,7-8,10-11,16H,6,9,12-14H2,1H3,(H,22,24)/t16-/m0/s1. The number of aryl methyl sites for hydroxylation is 1. The highest BCUT2D eigenvalue weighted by atomic mass is 35.5. The zero-order valence-electron chi connectivity index (χ0n) is 15.2. The third kappa shape index (κ3) is 4.89. The molecule has 0 radical (unpaired) electrons. The van der Waals surface area contributed by atoms with Crippen LogP contribution in [0.4, 0.5) is 5.69 Å². The summed E-state index contributed by atoms with van der Waals surface area (Å²) in [6.07, 6.45) is 1.34. The highest BCUT2D eigenvalue weighted by Crippen LogP contribution is 2.25. The molecule has 1 fully saturated rings. The van der Waals surface area contributed by atoms with Crippen molar-refractivity contribution >= 4 is 33.2 Å². The van der Waals surface area contributed by atoms with Gasteiger partial charge < -0.3 is 5.32 Å². The average molecular weight is 407 g/mol. The molecule has 1 saturated heterocycles. The summed E-state index contributed by atoms with van der Waals surface area (Å²) in [4.78, 5) is 12.7. The van der Waals surface area contributed by atoms with Gasteiger partial charge in [-0.1, -0.05) is 48.0 Å². The van der Waals surface area contributed by atoms with Crippen LogP contribution < -0.4 is 5.32 Å². The molecule has 27 heavy (non-hydrogen) atoms. The van der Waals surface area contributed by atoms with Crippen molar-refractivity contribution in [3.63, 3.8) is 0 Å². The molecule has 1 aliphatic heterocycles. The van der Waals surface area contributed by atoms with Crippen LogP contribution in [0.1, 0.15) is 24.0 Å². The minimum absolute atomic E-state index is 0.137. The van der Waals surface area contributed by atoms with Crippen molar-refractivity contribution in [1.82, 2.24) is 4.31 Å². The van der Waals surface area contributed by atoms with Crippen molar-refractivity contribution in [2.75, 3.05) is 18.4 Å². The molecule has 0 bridgehead atoms. The van der Waals surface area contributed by atoms with E-state index in [1.807, 2.05) is 31.2 Å². The number of rotatable bonds is 5. The molecule has 2 aromatic carbocycles. The largest absolute Gasteiger partial charge is 0.326 e. The van der Waals surface area contributed by atoms with Gasteiger partial charge in [0.1, 0.15) is 0 Å². The molecular weight excluding hydrogens is 384 g/mol. The van der Waals surface area contributed by atoms with E-state index in [0.29, 0.717) is 30.0 Å². The Morgan fingerprint density at radius 3 is 2.63 bits per heavy atom. The van der Waals surface area contributed by atoms with Gasteiger partial charge in [-0.3, -0.25) is 4.79 Å². The van der Waals surface area contributed by atoms with Crippen LogP contribution in [0, 0.1) is 12.8 Å². The molecule has 1 atom stereocenters. The van der Waals surface area contributed by atoms with Crippen LogP contribution >= 0.6 is 11.6 Å². The first-order valence-electron chi connectivity index (χ1n) is 8.94. The van der Waals surface area contributed by atoms with Crippen molar-refractivity contribution < 1.29 is 13.2 Å². The van der Waals surface area contributed by atoms with Crippen LogP contribution in [0.2, 0.25) is 5.02 Å². The number of carbonyl (C=O) groups excluding carboxylic acids is 1. The van der Waals surface area contributed by atoms with E-state index in [2.05, 4.69) is 5.32 Å². The van der Waals surface area contributed by atoms with Gasteiger partial charge in [-0.05, 0) is 43.0 Å². The van der Waals surface area contributed by atoms with Gasteiger partial charge in [-0.15, -0.1) is 0 Å². The van der Waals surface area contributed by atoms with Crippen LogP contribution in [0.15, 0.2) is 48.5 Å². The first-order chi connectivity index (χ1) is 12.9. The number of halogens is 1. The fourth-order valence-electron chi connectivity index (χ4n) is 3.26.